The maximum atomic E-state index is 13.7. The second-order valence-corrected chi connectivity index (χ2v) is 4.83. The van der Waals surface area contributed by atoms with Gasteiger partial charge in [0.15, 0.2) is 0 Å². The predicted octanol–water partition coefficient (Wildman–Crippen LogP) is 2.40. The lowest BCUT2D eigenvalue weighted by molar-refractivity contribution is -0.145. The van der Waals surface area contributed by atoms with Crippen LogP contribution in [0.3, 0.4) is 0 Å². The molecule has 0 N–H and O–H groups in total. The van der Waals surface area contributed by atoms with Crippen LogP contribution in [0.5, 0.6) is 0 Å². The van der Waals surface area contributed by atoms with Gasteiger partial charge < -0.3 is 9.64 Å². The Morgan fingerprint density at radius 3 is 2.70 bits per heavy atom. The molecule has 7 heteroatoms. The van der Waals surface area contributed by atoms with Gasteiger partial charge in [0.25, 0.3) is 5.91 Å². The smallest absolute Gasteiger partial charge is 0.328 e. The van der Waals surface area contributed by atoms with Crippen molar-refractivity contribution in [2.24, 2.45) is 0 Å². The number of amides is 1. The first kappa shape index (κ1) is 14.7. The Balaban J connectivity index is 2.31. The average Bonchev–Trinajstić information content (AvgIpc) is 2.90. The van der Waals surface area contributed by atoms with E-state index in [-0.39, 0.29) is 0 Å². The molecule has 1 unspecified atom stereocenters. The summed E-state index contributed by atoms with van der Waals surface area (Å²) in [7, 11) is 1.21. The van der Waals surface area contributed by atoms with Gasteiger partial charge in [-0.1, -0.05) is 11.6 Å². The third-order valence-corrected chi connectivity index (χ3v) is 3.52. The van der Waals surface area contributed by atoms with Gasteiger partial charge in [-0.2, -0.15) is 0 Å². The summed E-state index contributed by atoms with van der Waals surface area (Å²) in [4.78, 5) is 25.0. The number of esters is 1. The average molecular weight is 304 g/mol. The summed E-state index contributed by atoms with van der Waals surface area (Å²) in [6.45, 7) is 0.294. The van der Waals surface area contributed by atoms with Crippen LogP contribution in [0.15, 0.2) is 12.1 Å². The number of halogens is 3. The lowest BCUT2D eigenvalue weighted by Gasteiger charge is -2.22. The highest BCUT2D eigenvalue weighted by molar-refractivity contribution is 6.30. The molecule has 1 heterocycles. The molecule has 108 valence electrons. The van der Waals surface area contributed by atoms with Crippen molar-refractivity contribution in [2.45, 2.75) is 18.9 Å². The van der Waals surface area contributed by atoms with E-state index in [0.29, 0.717) is 19.4 Å². The molecule has 0 radical (unpaired) electrons. The van der Waals surface area contributed by atoms with Crippen LogP contribution in [0.25, 0.3) is 0 Å². The topological polar surface area (TPSA) is 46.6 Å². The van der Waals surface area contributed by atoms with Crippen LogP contribution in [-0.2, 0) is 9.53 Å². The van der Waals surface area contributed by atoms with Crippen molar-refractivity contribution in [3.63, 3.8) is 0 Å². The molecular weight excluding hydrogens is 292 g/mol. The Labute approximate surface area is 119 Å². The highest BCUT2D eigenvalue weighted by Gasteiger charge is 2.36. The van der Waals surface area contributed by atoms with Crippen LogP contribution in [0, 0.1) is 11.6 Å². The summed E-state index contributed by atoms with van der Waals surface area (Å²) >= 11 is 5.44. The molecule has 1 aliphatic heterocycles. The van der Waals surface area contributed by atoms with E-state index in [9.17, 15) is 18.4 Å². The van der Waals surface area contributed by atoms with Gasteiger partial charge in [0, 0.05) is 6.54 Å². The molecule has 1 aromatic carbocycles. The third-order valence-electron chi connectivity index (χ3n) is 3.23. The quantitative estimate of drug-likeness (QED) is 0.622. The second-order valence-electron chi connectivity index (χ2n) is 4.43. The van der Waals surface area contributed by atoms with Crippen LogP contribution < -0.4 is 0 Å². The molecule has 1 atom stereocenters. The molecule has 1 aromatic rings. The van der Waals surface area contributed by atoms with E-state index in [2.05, 4.69) is 4.74 Å². The van der Waals surface area contributed by atoms with Gasteiger partial charge in [0.05, 0.1) is 17.7 Å². The molecule has 1 saturated heterocycles. The minimum Gasteiger partial charge on any atom is -0.467 e. The number of rotatable bonds is 2. The molecular formula is C13H12ClF2NO3. The molecule has 1 fully saturated rings. The van der Waals surface area contributed by atoms with Crippen molar-refractivity contribution >= 4 is 23.5 Å². The molecule has 20 heavy (non-hydrogen) atoms. The van der Waals surface area contributed by atoms with Crippen LogP contribution in [-0.4, -0.2) is 36.5 Å². The van der Waals surface area contributed by atoms with Gasteiger partial charge >= 0.3 is 5.97 Å². The molecule has 1 aliphatic rings. The molecule has 4 nitrogen and oxygen atoms in total. The Hall–Kier alpha value is -1.69. The second kappa shape index (κ2) is 5.75. The first-order valence-corrected chi connectivity index (χ1v) is 6.37. The summed E-state index contributed by atoms with van der Waals surface area (Å²) in [6, 6.07) is 0.727. The molecule has 2 rings (SSSR count). The number of nitrogens with zero attached hydrogens (tertiary/aromatic N) is 1. The number of hydrogen-bond donors (Lipinski definition) is 0. The Kier molecular flexibility index (Phi) is 4.23. The zero-order valence-corrected chi connectivity index (χ0v) is 11.4. The van der Waals surface area contributed by atoms with Gasteiger partial charge in [0.2, 0.25) is 0 Å². The minimum atomic E-state index is -0.920. The number of hydrogen-bond acceptors (Lipinski definition) is 3. The maximum Gasteiger partial charge on any atom is 0.328 e. The molecule has 0 saturated carbocycles. The van der Waals surface area contributed by atoms with E-state index < -0.39 is 40.1 Å². The molecule has 0 bridgehead atoms. The van der Waals surface area contributed by atoms with E-state index in [1.54, 1.807) is 0 Å². The molecule has 1 amide bonds. The van der Waals surface area contributed by atoms with E-state index in [1.165, 1.54) is 12.0 Å². The lowest BCUT2D eigenvalue weighted by atomic mass is 10.1. The van der Waals surface area contributed by atoms with E-state index in [4.69, 9.17) is 11.6 Å². The van der Waals surface area contributed by atoms with Crippen LogP contribution in [0.4, 0.5) is 8.78 Å². The van der Waals surface area contributed by atoms with Gasteiger partial charge in [0.1, 0.15) is 17.7 Å². The van der Waals surface area contributed by atoms with Gasteiger partial charge in [-0.05, 0) is 25.0 Å². The Morgan fingerprint density at radius 1 is 1.35 bits per heavy atom. The first-order valence-electron chi connectivity index (χ1n) is 5.99. The summed E-state index contributed by atoms with van der Waals surface area (Å²) < 4.78 is 31.7. The van der Waals surface area contributed by atoms with Gasteiger partial charge in [-0.15, -0.1) is 0 Å². The standard InChI is InChI=1S/C13H12ClF2NO3/c1-20-13(19)11-3-2-4-17(11)12(18)7-5-10(16)8(14)6-9(7)15/h5-6,11H,2-4H2,1H3. The number of carbonyl (C=O) groups is 2. The van der Waals surface area contributed by atoms with E-state index in [0.717, 1.165) is 12.1 Å². The Bertz CT molecular complexity index is 565. The van der Waals surface area contributed by atoms with Gasteiger partial charge in [-0.3, -0.25) is 4.79 Å². The summed E-state index contributed by atoms with van der Waals surface area (Å²) in [5.41, 5.74) is -0.442. The van der Waals surface area contributed by atoms with Crippen LogP contribution in [0.1, 0.15) is 23.2 Å². The zero-order valence-electron chi connectivity index (χ0n) is 10.7. The predicted molar refractivity (Wildman–Crippen MR) is 67.4 cm³/mol. The van der Waals surface area contributed by atoms with Crippen molar-refractivity contribution in [3.05, 3.63) is 34.4 Å². The molecule has 0 aromatic heterocycles. The normalized spacial score (nSPS) is 18.2. The number of ether oxygens (including phenoxy) is 1. The van der Waals surface area contributed by atoms with Crippen molar-refractivity contribution < 1.29 is 23.1 Å². The zero-order chi connectivity index (χ0) is 14.9. The van der Waals surface area contributed by atoms with Crippen LogP contribution >= 0.6 is 11.6 Å². The fourth-order valence-corrected chi connectivity index (χ4v) is 2.38. The summed E-state index contributed by atoms with van der Waals surface area (Å²) in [6.07, 6.45) is 1.04. The number of carbonyl (C=O) groups excluding carboxylic acids is 2. The van der Waals surface area contributed by atoms with E-state index >= 15 is 0 Å². The number of methoxy groups -OCH3 is 1. The highest BCUT2D eigenvalue weighted by atomic mass is 35.5. The van der Waals surface area contributed by atoms with Gasteiger partial charge in [-0.25, -0.2) is 13.6 Å². The number of likely N-dealkylation sites (tertiary alicyclic amines) is 1. The fourth-order valence-electron chi connectivity index (χ4n) is 2.23. The monoisotopic (exact) mass is 303 g/mol. The summed E-state index contributed by atoms with van der Waals surface area (Å²) in [5.74, 6) is -3.11. The largest absolute Gasteiger partial charge is 0.467 e. The fraction of sp³-hybridized carbons (Fsp3) is 0.385. The number of benzene rings is 1. The SMILES string of the molecule is COC(=O)C1CCCN1C(=O)c1cc(F)c(Cl)cc1F. The molecule has 0 aliphatic carbocycles. The first-order chi connectivity index (χ1) is 9.45. The van der Waals surface area contributed by atoms with Crippen LogP contribution in [0.2, 0.25) is 5.02 Å². The third kappa shape index (κ3) is 2.60. The summed E-state index contributed by atoms with van der Waals surface area (Å²) in [5, 5.41) is -0.398. The van der Waals surface area contributed by atoms with Crippen molar-refractivity contribution in [1.82, 2.24) is 4.90 Å². The Morgan fingerprint density at radius 2 is 2.05 bits per heavy atom. The van der Waals surface area contributed by atoms with E-state index in [1.807, 2.05) is 0 Å². The minimum absolute atomic E-state index is 0.294. The van der Waals surface area contributed by atoms with Crippen molar-refractivity contribution in [3.8, 4) is 0 Å². The molecule has 0 spiro atoms. The maximum absolute atomic E-state index is 13.7. The van der Waals surface area contributed by atoms with Crippen molar-refractivity contribution in [1.29, 1.82) is 0 Å². The van der Waals surface area contributed by atoms with Crippen molar-refractivity contribution in [2.75, 3.05) is 13.7 Å². The lowest BCUT2D eigenvalue weighted by Crippen LogP contribution is -2.41. The highest BCUT2D eigenvalue weighted by Crippen LogP contribution is 2.25.